The van der Waals surface area contributed by atoms with E-state index in [1.165, 1.54) is 23.3 Å². The van der Waals surface area contributed by atoms with E-state index < -0.39 is 23.5 Å². The Labute approximate surface area is 193 Å². The molecule has 4 rings (SSSR count). The molecule has 1 amide bonds. The topological polar surface area (TPSA) is 88.8 Å². The molecule has 1 aromatic carbocycles. The lowest BCUT2D eigenvalue weighted by molar-refractivity contribution is -0.138. The van der Waals surface area contributed by atoms with Crippen molar-refractivity contribution in [2.75, 3.05) is 18.4 Å². The first-order valence-corrected chi connectivity index (χ1v) is 10.8. The summed E-state index contributed by atoms with van der Waals surface area (Å²) in [5.74, 6) is -1.11. The third-order valence-electron chi connectivity index (χ3n) is 5.99. The van der Waals surface area contributed by atoms with Gasteiger partial charge in [0.2, 0.25) is 5.95 Å². The molecule has 0 aliphatic carbocycles. The summed E-state index contributed by atoms with van der Waals surface area (Å²) in [6.45, 7) is 4.32. The van der Waals surface area contributed by atoms with Crippen LogP contribution in [0.5, 0.6) is 0 Å². The van der Waals surface area contributed by atoms with Crippen molar-refractivity contribution in [3.63, 3.8) is 0 Å². The average Bonchev–Trinajstić information content (AvgIpc) is 3.33. The minimum Gasteiger partial charge on any atom is -0.352 e. The van der Waals surface area contributed by atoms with Gasteiger partial charge in [-0.05, 0) is 37.3 Å². The molecular weight excluding hydrogens is 454 g/mol. The average molecular weight is 477 g/mol. The number of halogens is 4. The Balaban J connectivity index is 1.60. The number of nitrogens with one attached hydrogen (secondary N) is 1. The summed E-state index contributed by atoms with van der Waals surface area (Å²) in [6, 6.07) is 2.45. The van der Waals surface area contributed by atoms with Gasteiger partial charge in [0.1, 0.15) is 17.1 Å². The number of nitrogens with zero attached hydrogens (tertiary/aromatic N) is 6. The van der Waals surface area contributed by atoms with E-state index in [2.05, 4.69) is 25.5 Å². The Kier molecular flexibility index (Phi) is 6.49. The number of aryl methyl sites for hydroxylation is 1. The number of aromatic nitrogens is 5. The normalized spacial score (nSPS) is 18.7. The maximum Gasteiger partial charge on any atom is 0.419 e. The first-order valence-electron chi connectivity index (χ1n) is 10.8. The van der Waals surface area contributed by atoms with E-state index in [9.17, 15) is 22.4 Å². The van der Waals surface area contributed by atoms with Crippen LogP contribution >= 0.6 is 0 Å². The van der Waals surface area contributed by atoms with Gasteiger partial charge in [0, 0.05) is 25.5 Å². The Morgan fingerprint density at radius 3 is 2.50 bits per heavy atom. The van der Waals surface area contributed by atoms with Crippen LogP contribution in [-0.2, 0) is 6.18 Å². The Bertz CT molecular complexity index is 1150. The number of rotatable bonds is 5. The third-order valence-corrected chi connectivity index (χ3v) is 5.99. The summed E-state index contributed by atoms with van der Waals surface area (Å²) in [6.07, 6.45) is 1.34. The monoisotopic (exact) mass is 477 g/mol. The molecule has 1 aliphatic rings. The molecule has 1 N–H and O–H groups in total. The molecule has 1 aliphatic heterocycles. The van der Waals surface area contributed by atoms with Gasteiger partial charge in [-0.2, -0.15) is 28.2 Å². The number of anilines is 1. The maximum absolute atomic E-state index is 15.0. The van der Waals surface area contributed by atoms with Crippen LogP contribution in [0.1, 0.15) is 41.3 Å². The zero-order chi connectivity index (χ0) is 24.5. The summed E-state index contributed by atoms with van der Waals surface area (Å²) in [5.41, 5.74) is -0.165. The van der Waals surface area contributed by atoms with Crippen LogP contribution in [-0.4, -0.2) is 54.9 Å². The Morgan fingerprint density at radius 1 is 1.18 bits per heavy atom. The molecule has 34 heavy (non-hydrogen) atoms. The molecule has 2 aromatic heterocycles. The lowest BCUT2D eigenvalue weighted by Crippen LogP contribution is -2.51. The first-order chi connectivity index (χ1) is 16.2. The van der Waals surface area contributed by atoms with E-state index in [0.717, 1.165) is 12.8 Å². The highest BCUT2D eigenvalue weighted by Crippen LogP contribution is 2.30. The second kappa shape index (κ2) is 9.35. The molecule has 2 atom stereocenters. The smallest absolute Gasteiger partial charge is 0.352 e. The fourth-order valence-corrected chi connectivity index (χ4v) is 4.18. The molecule has 2 unspecified atom stereocenters. The summed E-state index contributed by atoms with van der Waals surface area (Å²) >= 11 is 0. The van der Waals surface area contributed by atoms with Crippen LogP contribution < -0.4 is 5.32 Å². The molecule has 0 saturated carbocycles. The van der Waals surface area contributed by atoms with Crippen LogP contribution in [0, 0.1) is 18.7 Å². The van der Waals surface area contributed by atoms with Crippen molar-refractivity contribution in [2.24, 2.45) is 5.92 Å². The number of likely N-dealkylation sites (tertiary alicyclic amines) is 1. The number of alkyl halides is 3. The molecule has 12 heteroatoms. The summed E-state index contributed by atoms with van der Waals surface area (Å²) in [5, 5.41) is 11.1. The number of hydrogen-bond donors (Lipinski definition) is 1. The molecule has 1 saturated heterocycles. The van der Waals surface area contributed by atoms with Gasteiger partial charge in [-0.15, -0.1) is 0 Å². The van der Waals surface area contributed by atoms with Crippen LogP contribution in [0.2, 0.25) is 0 Å². The molecule has 0 spiro atoms. The third kappa shape index (κ3) is 4.70. The van der Waals surface area contributed by atoms with Gasteiger partial charge in [-0.25, -0.2) is 14.4 Å². The Hall–Kier alpha value is -3.57. The quantitative estimate of drug-likeness (QED) is 0.562. The van der Waals surface area contributed by atoms with Gasteiger partial charge in [0.05, 0.1) is 24.0 Å². The van der Waals surface area contributed by atoms with Crippen molar-refractivity contribution in [2.45, 2.75) is 38.9 Å². The zero-order valence-corrected chi connectivity index (χ0v) is 18.6. The van der Waals surface area contributed by atoms with Crippen molar-refractivity contribution >= 4 is 11.9 Å². The summed E-state index contributed by atoms with van der Waals surface area (Å²) in [7, 11) is 0. The first kappa shape index (κ1) is 23.6. The lowest BCUT2D eigenvalue weighted by Gasteiger charge is -2.40. The van der Waals surface area contributed by atoms with E-state index in [4.69, 9.17) is 0 Å². The SMILES string of the molecule is Cc1ccc(F)c(C(=O)N2CCCC(C)C2CNc2ncc(C(F)(F)F)cn2)c1-n1nccn1. The number of amides is 1. The predicted molar refractivity (Wildman–Crippen MR) is 115 cm³/mol. The molecule has 0 bridgehead atoms. The second-order valence-corrected chi connectivity index (χ2v) is 8.27. The van der Waals surface area contributed by atoms with Crippen molar-refractivity contribution in [1.82, 2.24) is 29.9 Å². The van der Waals surface area contributed by atoms with E-state index in [1.54, 1.807) is 17.9 Å². The number of carbonyl (C=O) groups excluding carboxylic acids is 1. The lowest BCUT2D eigenvalue weighted by atomic mass is 9.89. The van der Waals surface area contributed by atoms with E-state index in [1.807, 2.05) is 6.92 Å². The fourth-order valence-electron chi connectivity index (χ4n) is 4.18. The fraction of sp³-hybridized carbons (Fsp3) is 0.409. The second-order valence-electron chi connectivity index (χ2n) is 8.27. The number of hydrogen-bond acceptors (Lipinski definition) is 6. The number of carbonyl (C=O) groups is 1. The highest BCUT2D eigenvalue weighted by Gasteiger charge is 2.36. The molecule has 0 radical (unpaired) electrons. The minimum absolute atomic E-state index is 0.0151. The highest BCUT2D eigenvalue weighted by molar-refractivity contribution is 5.98. The van der Waals surface area contributed by atoms with Crippen LogP contribution in [0.25, 0.3) is 5.69 Å². The van der Waals surface area contributed by atoms with Gasteiger partial charge in [0.25, 0.3) is 5.91 Å². The maximum atomic E-state index is 15.0. The molecule has 8 nitrogen and oxygen atoms in total. The summed E-state index contributed by atoms with van der Waals surface area (Å²) in [4.78, 5) is 23.9. The predicted octanol–water partition coefficient (Wildman–Crippen LogP) is 3.88. The molecule has 3 heterocycles. The van der Waals surface area contributed by atoms with Gasteiger partial charge in [-0.3, -0.25) is 4.79 Å². The van der Waals surface area contributed by atoms with E-state index in [-0.39, 0.29) is 35.7 Å². The van der Waals surface area contributed by atoms with Crippen molar-refractivity contribution in [3.05, 3.63) is 59.4 Å². The van der Waals surface area contributed by atoms with Crippen molar-refractivity contribution in [3.8, 4) is 5.69 Å². The molecule has 180 valence electrons. The molecular formula is C22H23F4N7O. The van der Waals surface area contributed by atoms with Crippen LogP contribution in [0.15, 0.2) is 36.9 Å². The van der Waals surface area contributed by atoms with Gasteiger partial charge >= 0.3 is 6.18 Å². The largest absolute Gasteiger partial charge is 0.419 e. The Morgan fingerprint density at radius 2 is 1.85 bits per heavy atom. The van der Waals surface area contributed by atoms with Gasteiger partial charge in [0.15, 0.2) is 0 Å². The number of piperidine rings is 1. The molecule has 3 aromatic rings. The highest BCUT2D eigenvalue weighted by atomic mass is 19.4. The zero-order valence-electron chi connectivity index (χ0n) is 18.6. The van der Waals surface area contributed by atoms with Gasteiger partial charge < -0.3 is 10.2 Å². The van der Waals surface area contributed by atoms with Crippen LogP contribution in [0.4, 0.5) is 23.5 Å². The number of benzene rings is 1. The van der Waals surface area contributed by atoms with E-state index >= 15 is 0 Å². The minimum atomic E-state index is -4.53. The van der Waals surface area contributed by atoms with Crippen molar-refractivity contribution in [1.29, 1.82) is 0 Å². The van der Waals surface area contributed by atoms with Crippen molar-refractivity contribution < 1.29 is 22.4 Å². The van der Waals surface area contributed by atoms with E-state index in [0.29, 0.717) is 24.5 Å². The van der Waals surface area contributed by atoms with Gasteiger partial charge in [-0.1, -0.05) is 13.0 Å². The standard InChI is InChI=1S/C22H23F4N7O/c1-13-4-3-9-32(17(13)12-29-21-27-10-15(11-28-21)22(24,25)26)20(34)18-16(23)6-5-14(2)19(18)33-30-7-8-31-33/h5-8,10-11,13,17H,3-4,9,12H2,1-2H3,(H,27,28,29). The molecule has 1 fully saturated rings. The van der Waals surface area contributed by atoms with Crippen LogP contribution in [0.3, 0.4) is 0 Å². The summed E-state index contributed by atoms with van der Waals surface area (Å²) < 4.78 is 53.3.